The van der Waals surface area contributed by atoms with Crippen LogP contribution < -0.4 is 0 Å². The van der Waals surface area contributed by atoms with E-state index in [1.54, 1.807) is 0 Å². The Morgan fingerprint density at radius 2 is 0.944 bits per heavy atom. The molecule has 5 nitrogen and oxygen atoms in total. The van der Waals surface area contributed by atoms with Gasteiger partial charge >= 0.3 is 0 Å². The Kier molecular flexibility index (Phi) is 6.79. The summed E-state index contributed by atoms with van der Waals surface area (Å²) in [5, 5.41) is 4.87. The van der Waals surface area contributed by atoms with Crippen molar-refractivity contribution in [3.63, 3.8) is 0 Å². The van der Waals surface area contributed by atoms with Crippen LogP contribution in [0.1, 0.15) is 0 Å². The lowest BCUT2D eigenvalue weighted by Crippen LogP contribution is -1.99. The normalized spacial score (nSPS) is 11.7. The molecule has 4 aromatic heterocycles. The van der Waals surface area contributed by atoms with Crippen LogP contribution in [0.3, 0.4) is 0 Å². The molecule has 252 valence electrons. The summed E-state index contributed by atoms with van der Waals surface area (Å²) in [5.74, 6) is 0.856. The Balaban J connectivity index is 1.10. The zero-order valence-corrected chi connectivity index (χ0v) is 29.1. The molecule has 0 bridgehead atoms. The molecule has 0 saturated carbocycles. The van der Waals surface area contributed by atoms with Crippen LogP contribution in [0.25, 0.3) is 99.8 Å². The first-order valence-corrected chi connectivity index (χ1v) is 18.2. The molecule has 54 heavy (non-hydrogen) atoms. The Morgan fingerprint density at radius 3 is 1.59 bits per heavy atom. The Hall–Kier alpha value is -7.37. The van der Waals surface area contributed by atoms with E-state index in [4.69, 9.17) is 15.0 Å². The molecule has 0 atom stereocenters. The van der Waals surface area contributed by atoms with E-state index in [-0.39, 0.29) is 0 Å². The van der Waals surface area contributed by atoms with Gasteiger partial charge in [0.25, 0.3) is 0 Å². The molecule has 7 aromatic carbocycles. The van der Waals surface area contributed by atoms with E-state index in [0.717, 1.165) is 72.7 Å². The molecular weight excluding hydrogens is 659 g/mol. The zero-order valence-electron chi connectivity index (χ0n) is 29.1. The third-order valence-corrected chi connectivity index (χ3v) is 10.6. The maximum atomic E-state index is 5.33. The topological polar surface area (TPSA) is 48.5 Å². The van der Waals surface area contributed by atoms with Gasteiger partial charge in [0, 0.05) is 55.7 Å². The average molecular weight is 690 g/mol. The van der Waals surface area contributed by atoms with Crippen LogP contribution >= 0.6 is 0 Å². The number of hydrogen-bond donors (Lipinski definition) is 0. The third-order valence-electron chi connectivity index (χ3n) is 10.6. The summed E-state index contributed by atoms with van der Waals surface area (Å²) in [6.07, 6.45) is 1.97. The van der Waals surface area contributed by atoms with Crippen molar-refractivity contribution in [2.75, 3.05) is 0 Å². The largest absolute Gasteiger partial charge is 0.309 e. The summed E-state index contributed by atoms with van der Waals surface area (Å²) in [7, 11) is 0. The van der Waals surface area contributed by atoms with E-state index < -0.39 is 0 Å². The number of para-hydroxylation sites is 4. The maximum absolute atomic E-state index is 5.33. The van der Waals surface area contributed by atoms with E-state index in [9.17, 15) is 0 Å². The lowest BCUT2D eigenvalue weighted by atomic mass is 10.0. The molecule has 0 spiro atoms. The van der Waals surface area contributed by atoms with Crippen LogP contribution in [-0.4, -0.2) is 24.1 Å². The van der Waals surface area contributed by atoms with Gasteiger partial charge in [-0.05, 0) is 54.6 Å². The van der Waals surface area contributed by atoms with Gasteiger partial charge in [-0.2, -0.15) is 0 Å². The second-order valence-corrected chi connectivity index (χ2v) is 13.7. The molecular formula is C49H31N5. The van der Waals surface area contributed by atoms with Crippen LogP contribution in [0.5, 0.6) is 0 Å². The van der Waals surface area contributed by atoms with Crippen molar-refractivity contribution in [1.29, 1.82) is 0 Å². The van der Waals surface area contributed by atoms with Crippen LogP contribution in [0.15, 0.2) is 188 Å². The predicted octanol–water partition coefficient (Wildman–Crippen LogP) is 12.2. The molecule has 0 saturated heterocycles. The first-order chi connectivity index (χ1) is 26.8. The second-order valence-electron chi connectivity index (χ2n) is 13.7. The van der Waals surface area contributed by atoms with Gasteiger partial charge in [0.15, 0.2) is 0 Å². The number of fused-ring (bicyclic) bond motifs is 7. The predicted molar refractivity (Wildman–Crippen MR) is 222 cm³/mol. The fourth-order valence-corrected chi connectivity index (χ4v) is 8.12. The molecule has 0 unspecified atom stereocenters. The minimum absolute atomic E-state index is 0.843. The van der Waals surface area contributed by atoms with Crippen LogP contribution in [-0.2, 0) is 0 Å². The van der Waals surface area contributed by atoms with Gasteiger partial charge in [-0.1, -0.05) is 127 Å². The maximum Gasteiger partial charge on any atom is 0.137 e. The molecule has 0 N–H and O–H groups in total. The standard InChI is InChI=1S/C49H31N5/c1-4-15-32(16-5-1)47-48(33-17-6-2-7-18-33)52-49-36(23-14-24-41(49)51-47)34-27-28-46(50-31-34)54-43-26-13-11-22-38(43)40-29-39-37-21-10-12-25-42(37)53(44(39)30-45(40)54)35-19-8-3-9-20-35/h1-31H. The van der Waals surface area contributed by atoms with Gasteiger partial charge in [0.2, 0.25) is 0 Å². The van der Waals surface area contributed by atoms with Gasteiger partial charge in [-0.15, -0.1) is 0 Å². The Labute approximate surface area is 311 Å². The molecule has 11 aromatic rings. The van der Waals surface area contributed by atoms with E-state index in [1.165, 1.54) is 27.1 Å². The van der Waals surface area contributed by atoms with Gasteiger partial charge < -0.3 is 4.57 Å². The number of aromatic nitrogens is 5. The lowest BCUT2D eigenvalue weighted by molar-refractivity contribution is 1.08. The third kappa shape index (κ3) is 4.69. The van der Waals surface area contributed by atoms with Crippen molar-refractivity contribution in [1.82, 2.24) is 24.1 Å². The van der Waals surface area contributed by atoms with Crippen molar-refractivity contribution in [3.8, 4) is 45.1 Å². The second kappa shape index (κ2) is 12.1. The highest BCUT2D eigenvalue weighted by molar-refractivity contribution is 6.19. The molecule has 11 rings (SSSR count). The highest BCUT2D eigenvalue weighted by Gasteiger charge is 2.20. The highest BCUT2D eigenvalue weighted by Crippen LogP contribution is 2.40. The zero-order chi connectivity index (χ0) is 35.6. The van der Waals surface area contributed by atoms with Gasteiger partial charge in [0.1, 0.15) is 5.82 Å². The van der Waals surface area contributed by atoms with Crippen molar-refractivity contribution in [2.45, 2.75) is 0 Å². The molecule has 5 heteroatoms. The summed E-state index contributed by atoms with van der Waals surface area (Å²) in [5.41, 5.74) is 13.2. The minimum Gasteiger partial charge on any atom is -0.309 e. The molecule has 0 aliphatic rings. The van der Waals surface area contributed by atoms with Gasteiger partial charge in [-0.3, -0.25) is 4.57 Å². The smallest absolute Gasteiger partial charge is 0.137 e. The van der Waals surface area contributed by atoms with Crippen molar-refractivity contribution in [3.05, 3.63) is 188 Å². The van der Waals surface area contributed by atoms with E-state index in [1.807, 2.05) is 48.7 Å². The summed E-state index contributed by atoms with van der Waals surface area (Å²) in [6.45, 7) is 0. The number of benzene rings is 7. The van der Waals surface area contributed by atoms with Crippen LogP contribution in [0, 0.1) is 0 Å². The Bertz CT molecular complexity index is 3180. The molecule has 0 aliphatic carbocycles. The Morgan fingerprint density at radius 1 is 0.370 bits per heavy atom. The summed E-state index contributed by atoms with van der Waals surface area (Å²) < 4.78 is 4.67. The molecule has 0 fully saturated rings. The van der Waals surface area contributed by atoms with Crippen molar-refractivity contribution >= 4 is 54.6 Å². The summed E-state index contributed by atoms with van der Waals surface area (Å²) >= 11 is 0. The van der Waals surface area contributed by atoms with E-state index in [0.29, 0.717) is 0 Å². The molecule has 0 amide bonds. The lowest BCUT2D eigenvalue weighted by Gasteiger charge is -2.13. The molecule has 0 radical (unpaired) electrons. The summed E-state index contributed by atoms with van der Waals surface area (Å²) in [4.78, 5) is 15.7. The quantitative estimate of drug-likeness (QED) is 0.181. The van der Waals surface area contributed by atoms with E-state index >= 15 is 0 Å². The average Bonchev–Trinajstić information content (AvgIpc) is 3.75. The molecule has 0 aliphatic heterocycles. The van der Waals surface area contributed by atoms with Crippen molar-refractivity contribution < 1.29 is 0 Å². The number of rotatable bonds is 5. The minimum atomic E-state index is 0.843. The number of hydrogen-bond acceptors (Lipinski definition) is 3. The fourth-order valence-electron chi connectivity index (χ4n) is 8.12. The van der Waals surface area contributed by atoms with Crippen LogP contribution in [0.4, 0.5) is 0 Å². The van der Waals surface area contributed by atoms with Crippen LogP contribution in [0.2, 0.25) is 0 Å². The fraction of sp³-hybridized carbons (Fsp3) is 0. The van der Waals surface area contributed by atoms with Gasteiger partial charge in [-0.25, -0.2) is 15.0 Å². The van der Waals surface area contributed by atoms with Crippen molar-refractivity contribution in [2.24, 2.45) is 0 Å². The summed E-state index contributed by atoms with van der Waals surface area (Å²) in [6, 6.07) is 63.8. The molecule has 4 heterocycles. The number of pyridine rings is 1. The highest BCUT2D eigenvalue weighted by atomic mass is 15.1. The first-order valence-electron chi connectivity index (χ1n) is 18.2. The van der Waals surface area contributed by atoms with E-state index in [2.05, 4.69) is 149 Å². The monoisotopic (exact) mass is 689 g/mol. The SMILES string of the molecule is c1ccc(-c2nc3cccc(-c4ccc(-n5c6ccccc6c6cc7c8ccccc8n(-c8ccccc8)c7cc65)nc4)c3nc2-c2ccccc2)cc1. The van der Waals surface area contributed by atoms with Gasteiger partial charge in [0.05, 0.1) is 44.5 Å². The number of nitrogens with zero attached hydrogens (tertiary/aromatic N) is 5. The first kappa shape index (κ1) is 30.3.